The van der Waals surface area contributed by atoms with E-state index >= 15 is 0 Å². The molecule has 21 heavy (non-hydrogen) atoms. The van der Waals surface area contributed by atoms with E-state index in [1.807, 2.05) is 0 Å². The second-order valence-corrected chi connectivity index (χ2v) is 6.32. The second-order valence-electron chi connectivity index (χ2n) is 6.32. The summed E-state index contributed by atoms with van der Waals surface area (Å²) in [5.41, 5.74) is 7.71. The minimum absolute atomic E-state index is 0.0894. The lowest BCUT2D eigenvalue weighted by atomic mass is 9.65. The summed E-state index contributed by atoms with van der Waals surface area (Å²) in [7, 11) is 1.38. The zero-order valence-corrected chi connectivity index (χ0v) is 12.7. The van der Waals surface area contributed by atoms with E-state index in [9.17, 15) is 14.7 Å². The van der Waals surface area contributed by atoms with Crippen molar-refractivity contribution in [1.82, 2.24) is 0 Å². The van der Waals surface area contributed by atoms with E-state index in [0.717, 1.165) is 50.5 Å². The standard InChI is InChI=1S/C16H25NO4/c1-21-15(20)12-7-5-6-11(12)14(17)16(10-13(18)19)8-3-2-4-9-16/h14H,2-10,17H2,1H3,(H,18,19). The molecule has 0 heterocycles. The molecule has 5 nitrogen and oxygen atoms in total. The van der Waals surface area contributed by atoms with Crippen molar-refractivity contribution in [3.05, 3.63) is 11.1 Å². The number of hydrogen-bond donors (Lipinski definition) is 2. The van der Waals surface area contributed by atoms with Crippen LogP contribution < -0.4 is 5.73 Å². The first-order chi connectivity index (χ1) is 10.00. The summed E-state index contributed by atoms with van der Waals surface area (Å²) in [6.45, 7) is 0. The quantitative estimate of drug-likeness (QED) is 0.760. The molecule has 1 atom stereocenters. The third-order valence-electron chi connectivity index (χ3n) is 5.08. The van der Waals surface area contributed by atoms with Crippen LogP contribution in [0.15, 0.2) is 11.1 Å². The first-order valence-electron chi connectivity index (χ1n) is 7.78. The van der Waals surface area contributed by atoms with E-state index in [2.05, 4.69) is 0 Å². The Bertz CT molecular complexity index is 449. The lowest BCUT2D eigenvalue weighted by Gasteiger charge is -2.42. The molecule has 1 saturated carbocycles. The number of carbonyl (C=O) groups excluding carboxylic acids is 1. The average Bonchev–Trinajstić information content (AvgIpc) is 2.95. The molecule has 2 aliphatic rings. The van der Waals surface area contributed by atoms with Crippen LogP contribution in [0.2, 0.25) is 0 Å². The molecule has 2 aliphatic carbocycles. The smallest absolute Gasteiger partial charge is 0.333 e. The maximum Gasteiger partial charge on any atom is 0.333 e. The summed E-state index contributed by atoms with van der Waals surface area (Å²) in [5, 5.41) is 9.28. The normalized spacial score (nSPS) is 23.0. The van der Waals surface area contributed by atoms with Gasteiger partial charge in [0.15, 0.2) is 0 Å². The molecule has 0 radical (unpaired) electrons. The van der Waals surface area contributed by atoms with Gasteiger partial charge in [-0.15, -0.1) is 0 Å². The van der Waals surface area contributed by atoms with Crippen LogP contribution in [0.1, 0.15) is 57.8 Å². The maximum absolute atomic E-state index is 11.9. The van der Waals surface area contributed by atoms with E-state index in [1.54, 1.807) is 0 Å². The second kappa shape index (κ2) is 6.60. The van der Waals surface area contributed by atoms with Crippen LogP contribution in [0.5, 0.6) is 0 Å². The summed E-state index contributed by atoms with van der Waals surface area (Å²) in [6, 6.07) is -0.342. The van der Waals surface area contributed by atoms with Crippen molar-refractivity contribution in [3.8, 4) is 0 Å². The largest absolute Gasteiger partial charge is 0.481 e. The number of hydrogen-bond acceptors (Lipinski definition) is 4. The molecule has 118 valence electrons. The zero-order valence-electron chi connectivity index (χ0n) is 12.7. The predicted octanol–water partition coefficient (Wildman–Crippen LogP) is 2.39. The van der Waals surface area contributed by atoms with Crippen LogP contribution in [0.4, 0.5) is 0 Å². The Morgan fingerprint density at radius 1 is 1.24 bits per heavy atom. The molecule has 0 spiro atoms. The van der Waals surface area contributed by atoms with E-state index in [4.69, 9.17) is 10.5 Å². The Morgan fingerprint density at radius 2 is 1.90 bits per heavy atom. The number of aliphatic carboxylic acids is 1. The van der Waals surface area contributed by atoms with Crippen LogP contribution in [-0.4, -0.2) is 30.2 Å². The Kier molecular flexibility index (Phi) is 5.04. The zero-order chi connectivity index (χ0) is 15.5. The minimum Gasteiger partial charge on any atom is -0.481 e. The highest BCUT2D eigenvalue weighted by Crippen LogP contribution is 2.46. The molecule has 0 aliphatic heterocycles. The fraction of sp³-hybridized carbons (Fsp3) is 0.750. The molecule has 0 saturated heterocycles. The summed E-state index contributed by atoms with van der Waals surface area (Å²) in [5.74, 6) is -1.11. The molecule has 1 unspecified atom stereocenters. The molecule has 0 aromatic rings. The Morgan fingerprint density at radius 3 is 2.48 bits per heavy atom. The lowest BCUT2D eigenvalue weighted by Crippen LogP contribution is -2.46. The number of carboxylic acid groups (broad SMARTS) is 1. The highest BCUT2D eigenvalue weighted by Gasteiger charge is 2.43. The third kappa shape index (κ3) is 3.28. The van der Waals surface area contributed by atoms with Crippen LogP contribution in [0.3, 0.4) is 0 Å². The van der Waals surface area contributed by atoms with Gasteiger partial charge >= 0.3 is 11.9 Å². The molecular weight excluding hydrogens is 270 g/mol. The molecular formula is C16H25NO4. The van der Waals surface area contributed by atoms with Crippen molar-refractivity contribution in [2.45, 2.75) is 63.8 Å². The van der Waals surface area contributed by atoms with E-state index in [-0.39, 0.29) is 18.4 Å². The Hall–Kier alpha value is -1.36. The molecule has 0 aromatic heterocycles. The van der Waals surface area contributed by atoms with Crippen molar-refractivity contribution in [3.63, 3.8) is 0 Å². The van der Waals surface area contributed by atoms with E-state index in [1.165, 1.54) is 7.11 Å². The number of methoxy groups -OCH3 is 1. The van der Waals surface area contributed by atoms with Gasteiger partial charge in [-0.05, 0) is 43.1 Å². The average molecular weight is 295 g/mol. The van der Waals surface area contributed by atoms with Crippen LogP contribution >= 0.6 is 0 Å². The van der Waals surface area contributed by atoms with Crippen LogP contribution in [-0.2, 0) is 14.3 Å². The highest BCUT2D eigenvalue weighted by molar-refractivity contribution is 5.90. The van der Waals surface area contributed by atoms with Gasteiger partial charge in [-0.1, -0.05) is 19.3 Å². The summed E-state index contributed by atoms with van der Waals surface area (Å²) < 4.78 is 4.85. The van der Waals surface area contributed by atoms with Crippen molar-refractivity contribution in [1.29, 1.82) is 0 Å². The first-order valence-corrected chi connectivity index (χ1v) is 7.78. The van der Waals surface area contributed by atoms with Crippen LogP contribution in [0, 0.1) is 5.41 Å². The molecule has 5 heteroatoms. The van der Waals surface area contributed by atoms with Gasteiger partial charge in [0.25, 0.3) is 0 Å². The van der Waals surface area contributed by atoms with E-state index < -0.39 is 11.4 Å². The molecule has 3 N–H and O–H groups in total. The van der Waals surface area contributed by atoms with Gasteiger partial charge in [0, 0.05) is 11.6 Å². The summed E-state index contributed by atoms with van der Waals surface area (Å²) >= 11 is 0. The number of rotatable bonds is 5. The molecule has 0 amide bonds. The monoisotopic (exact) mass is 295 g/mol. The van der Waals surface area contributed by atoms with Crippen LogP contribution in [0.25, 0.3) is 0 Å². The molecule has 1 fully saturated rings. The van der Waals surface area contributed by atoms with Gasteiger partial charge in [0.1, 0.15) is 0 Å². The van der Waals surface area contributed by atoms with Crippen molar-refractivity contribution in [2.24, 2.45) is 11.1 Å². The number of ether oxygens (including phenoxy) is 1. The van der Waals surface area contributed by atoms with Crippen molar-refractivity contribution in [2.75, 3.05) is 7.11 Å². The number of carbonyl (C=O) groups is 2. The molecule has 2 rings (SSSR count). The van der Waals surface area contributed by atoms with Gasteiger partial charge in [-0.3, -0.25) is 4.79 Å². The Balaban J connectivity index is 2.31. The van der Waals surface area contributed by atoms with E-state index in [0.29, 0.717) is 12.0 Å². The summed E-state index contributed by atoms with van der Waals surface area (Å²) in [6.07, 6.45) is 7.30. The SMILES string of the molecule is COC(=O)C1=C(C(N)C2(CC(=O)O)CCCCC2)CCC1. The molecule has 0 bridgehead atoms. The highest BCUT2D eigenvalue weighted by atomic mass is 16.5. The van der Waals surface area contributed by atoms with Gasteiger partial charge in [0.2, 0.25) is 0 Å². The fourth-order valence-corrected chi connectivity index (χ4v) is 3.99. The number of esters is 1. The predicted molar refractivity (Wildman–Crippen MR) is 78.6 cm³/mol. The van der Waals surface area contributed by atoms with Gasteiger partial charge < -0.3 is 15.6 Å². The van der Waals surface area contributed by atoms with Gasteiger partial charge in [-0.2, -0.15) is 0 Å². The number of nitrogens with two attached hydrogens (primary N) is 1. The van der Waals surface area contributed by atoms with Crippen molar-refractivity contribution >= 4 is 11.9 Å². The third-order valence-corrected chi connectivity index (χ3v) is 5.08. The van der Waals surface area contributed by atoms with Crippen molar-refractivity contribution < 1.29 is 19.4 Å². The fourth-order valence-electron chi connectivity index (χ4n) is 3.99. The Labute approximate surface area is 125 Å². The first kappa shape index (κ1) is 16.0. The lowest BCUT2D eigenvalue weighted by molar-refractivity contribution is -0.140. The molecule has 0 aromatic carbocycles. The van der Waals surface area contributed by atoms with Gasteiger partial charge in [0.05, 0.1) is 13.5 Å². The van der Waals surface area contributed by atoms with Gasteiger partial charge in [-0.25, -0.2) is 4.79 Å². The maximum atomic E-state index is 11.9. The number of carboxylic acids is 1. The minimum atomic E-state index is -0.800. The topological polar surface area (TPSA) is 89.6 Å². The summed E-state index contributed by atoms with van der Waals surface area (Å²) in [4.78, 5) is 23.2.